The summed E-state index contributed by atoms with van der Waals surface area (Å²) in [5.41, 5.74) is 0.954. The lowest BCUT2D eigenvalue weighted by Gasteiger charge is -2.35. The average molecular weight is 294 g/mol. The van der Waals surface area contributed by atoms with Gasteiger partial charge in [-0.2, -0.15) is 0 Å². The van der Waals surface area contributed by atoms with Gasteiger partial charge in [0.05, 0.1) is 6.42 Å². The lowest BCUT2D eigenvalue weighted by Crippen LogP contribution is -2.43. The molecule has 2 fully saturated rings. The molecule has 0 aromatic heterocycles. The van der Waals surface area contributed by atoms with Gasteiger partial charge in [0.2, 0.25) is 0 Å². The SMILES string of the molecule is CN1[C@@H]2CC[C@H]1CC(OC(=O)Cc1ccc(Cl)cc1)C2. The topological polar surface area (TPSA) is 29.5 Å². The van der Waals surface area contributed by atoms with Crippen molar-refractivity contribution < 1.29 is 9.53 Å². The van der Waals surface area contributed by atoms with Crippen molar-refractivity contribution >= 4 is 17.6 Å². The van der Waals surface area contributed by atoms with Crippen molar-refractivity contribution in [2.75, 3.05) is 7.05 Å². The van der Waals surface area contributed by atoms with Gasteiger partial charge in [-0.3, -0.25) is 4.79 Å². The van der Waals surface area contributed by atoms with Gasteiger partial charge in [0.15, 0.2) is 0 Å². The van der Waals surface area contributed by atoms with E-state index in [9.17, 15) is 4.79 Å². The van der Waals surface area contributed by atoms with Crippen LogP contribution in [0.4, 0.5) is 0 Å². The van der Waals surface area contributed by atoms with E-state index in [4.69, 9.17) is 16.3 Å². The fourth-order valence-corrected chi connectivity index (χ4v) is 3.58. The Kier molecular flexibility index (Phi) is 3.99. The number of esters is 1. The highest BCUT2D eigenvalue weighted by Crippen LogP contribution is 2.35. The van der Waals surface area contributed by atoms with Crippen LogP contribution >= 0.6 is 11.6 Å². The molecule has 108 valence electrons. The summed E-state index contributed by atoms with van der Waals surface area (Å²) in [5, 5.41) is 0.689. The lowest BCUT2D eigenvalue weighted by molar-refractivity contribution is -0.151. The van der Waals surface area contributed by atoms with Crippen molar-refractivity contribution in [2.45, 2.75) is 50.3 Å². The van der Waals surface area contributed by atoms with Gasteiger partial charge in [0.1, 0.15) is 6.10 Å². The molecular formula is C16H20ClNO2. The maximum atomic E-state index is 12.0. The summed E-state index contributed by atoms with van der Waals surface area (Å²) in [5.74, 6) is -0.124. The molecule has 0 spiro atoms. The van der Waals surface area contributed by atoms with Gasteiger partial charge in [-0.15, -0.1) is 0 Å². The molecule has 2 saturated heterocycles. The molecular weight excluding hydrogens is 274 g/mol. The van der Waals surface area contributed by atoms with Crippen LogP contribution in [-0.4, -0.2) is 36.1 Å². The largest absolute Gasteiger partial charge is 0.462 e. The zero-order chi connectivity index (χ0) is 14.1. The Balaban J connectivity index is 1.53. The Bertz CT molecular complexity index is 474. The van der Waals surface area contributed by atoms with Crippen LogP contribution in [0.1, 0.15) is 31.2 Å². The molecule has 3 rings (SSSR count). The predicted octanol–water partition coefficient (Wildman–Crippen LogP) is 3.05. The minimum Gasteiger partial charge on any atom is -0.462 e. The number of fused-ring (bicyclic) bond motifs is 2. The molecule has 0 saturated carbocycles. The Hall–Kier alpha value is -1.06. The summed E-state index contributed by atoms with van der Waals surface area (Å²) in [6.45, 7) is 0. The Morgan fingerprint density at radius 2 is 1.85 bits per heavy atom. The molecule has 2 aliphatic rings. The van der Waals surface area contributed by atoms with E-state index in [0.29, 0.717) is 23.5 Å². The molecule has 0 radical (unpaired) electrons. The molecule has 0 N–H and O–H groups in total. The highest BCUT2D eigenvalue weighted by Gasteiger charge is 2.39. The third kappa shape index (κ3) is 2.99. The van der Waals surface area contributed by atoms with Crippen LogP contribution in [-0.2, 0) is 16.0 Å². The molecule has 3 nitrogen and oxygen atoms in total. The molecule has 20 heavy (non-hydrogen) atoms. The van der Waals surface area contributed by atoms with Crippen molar-refractivity contribution in [3.05, 3.63) is 34.9 Å². The Labute approximate surface area is 124 Å². The van der Waals surface area contributed by atoms with Crippen molar-refractivity contribution in [1.82, 2.24) is 4.90 Å². The number of halogens is 1. The predicted molar refractivity (Wildman–Crippen MR) is 78.8 cm³/mol. The summed E-state index contributed by atoms with van der Waals surface area (Å²) in [6, 6.07) is 8.56. The normalized spacial score (nSPS) is 29.4. The third-order valence-corrected chi connectivity index (χ3v) is 4.87. The molecule has 2 heterocycles. The maximum absolute atomic E-state index is 12.0. The summed E-state index contributed by atoms with van der Waals surface area (Å²) in [6.07, 6.45) is 4.89. The second-order valence-corrected chi connectivity index (χ2v) is 6.37. The lowest BCUT2D eigenvalue weighted by atomic mass is 10.0. The van der Waals surface area contributed by atoms with Crippen molar-refractivity contribution in [3.63, 3.8) is 0 Å². The molecule has 2 aliphatic heterocycles. The average Bonchev–Trinajstić information content (AvgIpc) is 2.64. The number of nitrogens with zero attached hydrogens (tertiary/aromatic N) is 1. The van der Waals surface area contributed by atoms with Gasteiger partial charge < -0.3 is 9.64 Å². The van der Waals surface area contributed by atoms with Crippen LogP contribution < -0.4 is 0 Å². The number of rotatable bonds is 3. The minimum atomic E-state index is -0.124. The Morgan fingerprint density at radius 3 is 2.45 bits per heavy atom. The first kappa shape index (κ1) is 13.9. The maximum Gasteiger partial charge on any atom is 0.310 e. The third-order valence-electron chi connectivity index (χ3n) is 4.61. The standard InChI is InChI=1S/C16H20ClNO2/c1-18-13-6-7-14(18)10-15(9-13)20-16(19)8-11-2-4-12(17)5-3-11/h2-5,13-15H,6-10H2,1H3/t13-,14+,15?. The first-order chi connectivity index (χ1) is 9.61. The van der Waals surface area contributed by atoms with Crippen LogP contribution in [0.15, 0.2) is 24.3 Å². The smallest absolute Gasteiger partial charge is 0.310 e. The van der Waals surface area contributed by atoms with Crippen LogP contribution in [0.3, 0.4) is 0 Å². The van der Waals surface area contributed by atoms with E-state index in [1.807, 2.05) is 12.1 Å². The zero-order valence-corrected chi connectivity index (χ0v) is 12.5. The molecule has 1 aromatic carbocycles. The minimum absolute atomic E-state index is 0.100. The van der Waals surface area contributed by atoms with E-state index < -0.39 is 0 Å². The fourth-order valence-electron chi connectivity index (χ4n) is 3.45. The summed E-state index contributed by atoms with van der Waals surface area (Å²) >= 11 is 5.84. The van der Waals surface area contributed by atoms with E-state index in [1.165, 1.54) is 12.8 Å². The molecule has 0 aliphatic carbocycles. The number of ether oxygens (including phenoxy) is 1. The van der Waals surface area contributed by atoms with Crippen molar-refractivity contribution in [2.24, 2.45) is 0 Å². The van der Waals surface area contributed by atoms with Crippen LogP contribution in [0, 0.1) is 0 Å². The van der Waals surface area contributed by atoms with E-state index in [0.717, 1.165) is 18.4 Å². The van der Waals surface area contributed by atoms with Crippen LogP contribution in [0.2, 0.25) is 5.02 Å². The number of carbonyl (C=O) groups is 1. The van der Waals surface area contributed by atoms with E-state index in [1.54, 1.807) is 12.1 Å². The first-order valence-corrected chi connectivity index (χ1v) is 7.65. The number of hydrogen-bond donors (Lipinski definition) is 0. The number of carbonyl (C=O) groups excluding carboxylic acids is 1. The number of piperidine rings is 1. The van der Waals surface area contributed by atoms with Gasteiger partial charge in [0.25, 0.3) is 0 Å². The quantitative estimate of drug-likeness (QED) is 0.802. The van der Waals surface area contributed by atoms with Gasteiger partial charge in [0, 0.05) is 17.1 Å². The molecule has 1 unspecified atom stereocenters. The fraction of sp³-hybridized carbons (Fsp3) is 0.562. The van der Waals surface area contributed by atoms with Gasteiger partial charge in [-0.1, -0.05) is 23.7 Å². The van der Waals surface area contributed by atoms with Gasteiger partial charge in [-0.25, -0.2) is 0 Å². The highest BCUT2D eigenvalue weighted by molar-refractivity contribution is 6.30. The molecule has 2 bridgehead atoms. The van der Waals surface area contributed by atoms with E-state index in [-0.39, 0.29) is 12.1 Å². The number of benzene rings is 1. The van der Waals surface area contributed by atoms with E-state index >= 15 is 0 Å². The van der Waals surface area contributed by atoms with Crippen molar-refractivity contribution in [3.8, 4) is 0 Å². The van der Waals surface area contributed by atoms with Crippen molar-refractivity contribution in [1.29, 1.82) is 0 Å². The molecule has 3 atom stereocenters. The van der Waals surface area contributed by atoms with Gasteiger partial charge in [-0.05, 0) is 50.4 Å². The number of hydrogen-bond acceptors (Lipinski definition) is 3. The molecule has 1 aromatic rings. The summed E-state index contributed by atoms with van der Waals surface area (Å²) in [7, 11) is 2.19. The summed E-state index contributed by atoms with van der Waals surface area (Å²) < 4.78 is 5.66. The summed E-state index contributed by atoms with van der Waals surface area (Å²) in [4.78, 5) is 14.5. The second kappa shape index (κ2) is 5.74. The Morgan fingerprint density at radius 1 is 1.25 bits per heavy atom. The first-order valence-electron chi connectivity index (χ1n) is 7.27. The van der Waals surface area contributed by atoms with Gasteiger partial charge >= 0.3 is 5.97 Å². The monoisotopic (exact) mass is 293 g/mol. The molecule has 4 heteroatoms. The zero-order valence-electron chi connectivity index (χ0n) is 11.7. The second-order valence-electron chi connectivity index (χ2n) is 5.94. The van der Waals surface area contributed by atoms with E-state index in [2.05, 4.69) is 11.9 Å². The molecule has 0 amide bonds. The van der Waals surface area contributed by atoms with Crippen LogP contribution in [0.25, 0.3) is 0 Å². The highest BCUT2D eigenvalue weighted by atomic mass is 35.5. The van der Waals surface area contributed by atoms with Crippen LogP contribution in [0.5, 0.6) is 0 Å².